The molecule has 0 amide bonds. The van der Waals surface area contributed by atoms with Crippen LogP contribution in [0.5, 0.6) is 23.0 Å². The molecular weight excluding hydrogens is 262 g/mol. The Hall–Kier alpha value is -2.76. The van der Waals surface area contributed by atoms with E-state index in [-0.39, 0.29) is 18.1 Å². The van der Waals surface area contributed by atoms with Gasteiger partial charge in [0.2, 0.25) is 6.79 Å². The van der Waals surface area contributed by atoms with Gasteiger partial charge in [-0.05, 0) is 19.1 Å². The SMILES string of the molecule is Cc1cc(Oc2ccc3c(c2)OCO3)c(C(=O)O)cn1. The summed E-state index contributed by atoms with van der Waals surface area (Å²) in [5.41, 5.74) is 0.680. The van der Waals surface area contributed by atoms with Crippen molar-refractivity contribution in [1.29, 1.82) is 0 Å². The number of ether oxygens (including phenoxy) is 3. The van der Waals surface area contributed by atoms with E-state index in [9.17, 15) is 4.79 Å². The lowest BCUT2D eigenvalue weighted by atomic mass is 10.2. The Morgan fingerprint density at radius 1 is 1.30 bits per heavy atom. The fraction of sp³-hybridized carbons (Fsp3) is 0.143. The van der Waals surface area contributed by atoms with Crippen molar-refractivity contribution in [3.63, 3.8) is 0 Å². The molecule has 6 heteroatoms. The molecule has 1 aromatic heterocycles. The molecule has 20 heavy (non-hydrogen) atoms. The normalized spacial score (nSPS) is 12.2. The number of rotatable bonds is 3. The van der Waals surface area contributed by atoms with Crippen molar-refractivity contribution in [3.05, 3.63) is 41.7 Å². The highest BCUT2D eigenvalue weighted by Crippen LogP contribution is 2.37. The molecule has 2 aromatic rings. The lowest BCUT2D eigenvalue weighted by Crippen LogP contribution is -2.01. The summed E-state index contributed by atoms with van der Waals surface area (Å²) >= 11 is 0. The van der Waals surface area contributed by atoms with Crippen LogP contribution in [0.2, 0.25) is 0 Å². The number of carboxylic acids is 1. The highest BCUT2D eigenvalue weighted by atomic mass is 16.7. The summed E-state index contributed by atoms with van der Waals surface area (Å²) in [6, 6.07) is 6.64. The van der Waals surface area contributed by atoms with Crippen LogP contribution in [0, 0.1) is 6.92 Å². The van der Waals surface area contributed by atoms with Crippen molar-refractivity contribution in [2.45, 2.75) is 6.92 Å². The first-order valence-corrected chi connectivity index (χ1v) is 5.91. The Morgan fingerprint density at radius 3 is 2.90 bits per heavy atom. The second-order valence-corrected chi connectivity index (χ2v) is 4.24. The molecule has 0 fully saturated rings. The van der Waals surface area contributed by atoms with Gasteiger partial charge in [0, 0.05) is 24.0 Å². The number of carboxylic acid groups (broad SMARTS) is 1. The van der Waals surface area contributed by atoms with E-state index in [1.54, 1.807) is 31.2 Å². The van der Waals surface area contributed by atoms with E-state index >= 15 is 0 Å². The average molecular weight is 273 g/mol. The first-order valence-electron chi connectivity index (χ1n) is 5.91. The van der Waals surface area contributed by atoms with Crippen LogP contribution in [-0.4, -0.2) is 22.9 Å². The maximum Gasteiger partial charge on any atom is 0.341 e. The molecule has 0 spiro atoms. The minimum absolute atomic E-state index is 0.00765. The summed E-state index contributed by atoms with van der Waals surface area (Å²) in [7, 11) is 0. The summed E-state index contributed by atoms with van der Waals surface area (Å²) in [4.78, 5) is 15.1. The van der Waals surface area contributed by atoms with Gasteiger partial charge in [-0.15, -0.1) is 0 Å². The molecule has 0 bridgehead atoms. The van der Waals surface area contributed by atoms with Crippen LogP contribution < -0.4 is 14.2 Å². The Bertz CT molecular complexity index is 683. The predicted molar refractivity (Wildman–Crippen MR) is 68.6 cm³/mol. The minimum Gasteiger partial charge on any atom is -0.477 e. The molecule has 1 aromatic carbocycles. The van der Waals surface area contributed by atoms with Gasteiger partial charge in [-0.2, -0.15) is 0 Å². The highest BCUT2D eigenvalue weighted by Gasteiger charge is 2.16. The van der Waals surface area contributed by atoms with Crippen LogP contribution >= 0.6 is 0 Å². The molecule has 0 saturated heterocycles. The minimum atomic E-state index is -1.09. The Kier molecular flexibility index (Phi) is 2.90. The number of aryl methyl sites for hydroxylation is 1. The van der Waals surface area contributed by atoms with Gasteiger partial charge >= 0.3 is 5.97 Å². The van der Waals surface area contributed by atoms with Crippen molar-refractivity contribution < 1.29 is 24.1 Å². The predicted octanol–water partition coefficient (Wildman–Crippen LogP) is 2.61. The van der Waals surface area contributed by atoms with Crippen LogP contribution in [0.4, 0.5) is 0 Å². The number of benzene rings is 1. The Labute approximate surface area is 114 Å². The van der Waals surface area contributed by atoms with Gasteiger partial charge in [-0.1, -0.05) is 0 Å². The van der Waals surface area contributed by atoms with E-state index in [4.69, 9.17) is 19.3 Å². The zero-order valence-corrected chi connectivity index (χ0v) is 10.6. The van der Waals surface area contributed by atoms with Gasteiger partial charge in [0.25, 0.3) is 0 Å². The molecular formula is C14H11NO5. The molecule has 6 nitrogen and oxygen atoms in total. The maximum atomic E-state index is 11.1. The molecule has 1 aliphatic heterocycles. The van der Waals surface area contributed by atoms with E-state index < -0.39 is 5.97 Å². The zero-order chi connectivity index (χ0) is 14.1. The Morgan fingerprint density at radius 2 is 2.10 bits per heavy atom. The van der Waals surface area contributed by atoms with Crippen LogP contribution in [0.3, 0.4) is 0 Å². The number of hydrogen-bond acceptors (Lipinski definition) is 5. The lowest BCUT2D eigenvalue weighted by Gasteiger charge is -2.09. The van der Waals surface area contributed by atoms with Crippen molar-refractivity contribution in [1.82, 2.24) is 4.98 Å². The summed E-state index contributed by atoms with van der Waals surface area (Å²) in [6.45, 7) is 1.94. The number of carbonyl (C=O) groups is 1. The van der Waals surface area contributed by atoms with Crippen LogP contribution in [-0.2, 0) is 0 Å². The van der Waals surface area contributed by atoms with Crippen molar-refractivity contribution in [2.24, 2.45) is 0 Å². The van der Waals surface area contributed by atoms with Crippen LogP contribution in [0.1, 0.15) is 16.1 Å². The molecule has 3 rings (SSSR count). The van der Waals surface area contributed by atoms with Crippen molar-refractivity contribution in [3.8, 4) is 23.0 Å². The van der Waals surface area contributed by atoms with Gasteiger partial charge in [-0.25, -0.2) is 4.79 Å². The first kappa shape index (κ1) is 12.3. The van der Waals surface area contributed by atoms with E-state index in [1.807, 2.05) is 0 Å². The van der Waals surface area contributed by atoms with Gasteiger partial charge in [-0.3, -0.25) is 4.98 Å². The first-order chi connectivity index (χ1) is 9.63. The van der Waals surface area contributed by atoms with Gasteiger partial charge in [0.1, 0.15) is 17.1 Å². The maximum absolute atomic E-state index is 11.1. The fourth-order valence-corrected chi connectivity index (χ4v) is 1.85. The molecule has 0 aliphatic carbocycles. The van der Waals surface area contributed by atoms with Gasteiger partial charge in [0.05, 0.1) is 0 Å². The molecule has 1 N–H and O–H groups in total. The number of hydrogen-bond donors (Lipinski definition) is 1. The third kappa shape index (κ3) is 2.23. The Balaban J connectivity index is 1.95. The molecule has 0 radical (unpaired) electrons. The number of fused-ring (bicyclic) bond motifs is 1. The summed E-state index contributed by atoms with van der Waals surface area (Å²) in [5, 5.41) is 9.12. The highest BCUT2D eigenvalue weighted by molar-refractivity contribution is 5.90. The van der Waals surface area contributed by atoms with E-state index in [0.29, 0.717) is 22.9 Å². The topological polar surface area (TPSA) is 77.9 Å². The molecule has 0 unspecified atom stereocenters. The van der Waals surface area contributed by atoms with E-state index in [1.165, 1.54) is 6.20 Å². The van der Waals surface area contributed by atoms with Crippen molar-refractivity contribution in [2.75, 3.05) is 6.79 Å². The summed E-state index contributed by atoms with van der Waals surface area (Å²) in [6.07, 6.45) is 1.28. The molecule has 2 heterocycles. The van der Waals surface area contributed by atoms with Gasteiger partial charge in [0.15, 0.2) is 11.5 Å². The van der Waals surface area contributed by atoms with E-state index in [0.717, 1.165) is 0 Å². The zero-order valence-electron chi connectivity index (χ0n) is 10.6. The number of nitrogens with zero attached hydrogens (tertiary/aromatic N) is 1. The van der Waals surface area contributed by atoms with Crippen LogP contribution in [0.25, 0.3) is 0 Å². The fourth-order valence-electron chi connectivity index (χ4n) is 1.85. The molecule has 1 aliphatic rings. The second-order valence-electron chi connectivity index (χ2n) is 4.24. The number of aromatic nitrogens is 1. The smallest absolute Gasteiger partial charge is 0.341 e. The second kappa shape index (κ2) is 4.73. The van der Waals surface area contributed by atoms with E-state index in [2.05, 4.69) is 4.98 Å². The van der Waals surface area contributed by atoms with Crippen LogP contribution in [0.15, 0.2) is 30.5 Å². The summed E-state index contributed by atoms with van der Waals surface area (Å²) < 4.78 is 16.1. The third-order valence-corrected chi connectivity index (χ3v) is 2.80. The molecule has 102 valence electrons. The summed E-state index contributed by atoms with van der Waals surface area (Å²) in [5.74, 6) is 0.839. The van der Waals surface area contributed by atoms with Gasteiger partial charge < -0.3 is 19.3 Å². The lowest BCUT2D eigenvalue weighted by molar-refractivity contribution is 0.0693. The molecule has 0 saturated carbocycles. The van der Waals surface area contributed by atoms with Crippen molar-refractivity contribution >= 4 is 5.97 Å². The average Bonchev–Trinajstić information content (AvgIpc) is 2.85. The largest absolute Gasteiger partial charge is 0.477 e. The molecule has 0 atom stereocenters. The standard InChI is InChI=1S/C14H11NO5/c1-8-4-12(10(6-15-8)14(16)17)20-9-2-3-11-13(5-9)19-7-18-11/h2-6H,7H2,1H3,(H,16,17). The number of aromatic carboxylic acids is 1. The quantitative estimate of drug-likeness (QED) is 0.926. The third-order valence-electron chi connectivity index (χ3n) is 2.80. The monoisotopic (exact) mass is 273 g/mol. The number of pyridine rings is 1.